The molecule has 1 aliphatic heterocycles. The van der Waals surface area contributed by atoms with E-state index in [1.807, 2.05) is 36.4 Å². The first-order valence-electron chi connectivity index (χ1n) is 9.24. The molecule has 0 atom stereocenters. The Morgan fingerprint density at radius 2 is 1.79 bits per heavy atom. The zero-order chi connectivity index (χ0) is 19.3. The monoisotopic (exact) mass is 393 g/mol. The molecule has 3 aromatic rings. The Balaban J connectivity index is 1.50. The summed E-state index contributed by atoms with van der Waals surface area (Å²) in [5.74, 6) is -0.736. The molecule has 0 aliphatic carbocycles. The van der Waals surface area contributed by atoms with E-state index in [-0.39, 0.29) is 11.6 Å². The number of amides is 1. The summed E-state index contributed by atoms with van der Waals surface area (Å²) in [5, 5.41) is 3.66. The molecule has 2 aromatic carbocycles. The smallest absolute Gasteiger partial charge is 0.255 e. The molecule has 4 nitrogen and oxygen atoms in total. The number of carbonyl (C=O) groups is 1. The zero-order valence-electron chi connectivity index (χ0n) is 15.3. The number of anilines is 2. The molecule has 6 heteroatoms. The van der Waals surface area contributed by atoms with Gasteiger partial charge in [-0.1, -0.05) is 23.9 Å². The lowest BCUT2D eigenvalue weighted by atomic mass is 10.2. The zero-order valence-corrected chi connectivity index (χ0v) is 16.1. The number of pyridine rings is 1. The minimum Gasteiger partial charge on any atom is -0.370 e. The molecular weight excluding hydrogens is 373 g/mol. The van der Waals surface area contributed by atoms with Crippen molar-refractivity contribution in [3.05, 3.63) is 78.2 Å². The normalized spacial score (nSPS) is 13.5. The number of benzene rings is 2. The summed E-state index contributed by atoms with van der Waals surface area (Å²) in [4.78, 5) is 20.1. The van der Waals surface area contributed by atoms with Crippen molar-refractivity contribution in [3.63, 3.8) is 0 Å². The van der Waals surface area contributed by atoms with Crippen molar-refractivity contribution in [1.29, 1.82) is 0 Å². The van der Waals surface area contributed by atoms with Crippen molar-refractivity contribution in [2.45, 2.75) is 22.8 Å². The van der Waals surface area contributed by atoms with Gasteiger partial charge in [0.05, 0.1) is 5.69 Å². The molecule has 1 saturated heterocycles. The summed E-state index contributed by atoms with van der Waals surface area (Å²) in [5.41, 5.74) is 1.48. The molecule has 1 amide bonds. The second kappa shape index (κ2) is 8.44. The van der Waals surface area contributed by atoms with E-state index >= 15 is 0 Å². The lowest BCUT2D eigenvalue weighted by molar-refractivity contribution is 0.102. The van der Waals surface area contributed by atoms with Crippen LogP contribution in [0.1, 0.15) is 23.2 Å². The number of hydrogen-bond donors (Lipinski definition) is 1. The summed E-state index contributed by atoms with van der Waals surface area (Å²) in [6, 6.07) is 17.9. The highest BCUT2D eigenvalue weighted by Crippen LogP contribution is 2.32. The molecule has 142 valence electrons. The third-order valence-electron chi connectivity index (χ3n) is 4.65. The molecule has 1 aromatic heterocycles. The second-order valence-electron chi connectivity index (χ2n) is 6.58. The summed E-state index contributed by atoms with van der Waals surface area (Å²) >= 11 is 1.52. The van der Waals surface area contributed by atoms with Gasteiger partial charge in [0.1, 0.15) is 16.5 Å². The fourth-order valence-corrected chi connectivity index (χ4v) is 4.02. The van der Waals surface area contributed by atoms with Crippen molar-refractivity contribution in [2.24, 2.45) is 0 Å². The van der Waals surface area contributed by atoms with E-state index in [0.717, 1.165) is 41.5 Å². The number of aromatic nitrogens is 1. The highest BCUT2D eigenvalue weighted by Gasteiger charge is 2.20. The van der Waals surface area contributed by atoms with Crippen molar-refractivity contribution < 1.29 is 9.18 Å². The Kier molecular flexibility index (Phi) is 5.58. The van der Waals surface area contributed by atoms with Crippen LogP contribution in [0.25, 0.3) is 0 Å². The Morgan fingerprint density at radius 1 is 1.00 bits per heavy atom. The van der Waals surface area contributed by atoms with Gasteiger partial charge in [-0.15, -0.1) is 0 Å². The lowest BCUT2D eigenvalue weighted by Gasteiger charge is -2.22. The number of nitrogens with one attached hydrogen (secondary N) is 1. The topological polar surface area (TPSA) is 45.2 Å². The standard InChI is InChI=1S/C22H20FN3OS/c23-18-6-5-7-19(26-14-3-4-15-26)21(18)25-22(27)16-9-11-17(12-10-16)28-20-8-1-2-13-24-20/h1-2,5-13H,3-4,14-15H2,(H,25,27). The van der Waals surface area contributed by atoms with E-state index in [2.05, 4.69) is 15.2 Å². The molecule has 0 bridgehead atoms. The fraction of sp³-hybridized carbons (Fsp3) is 0.182. The number of para-hydroxylation sites is 1. The molecule has 0 radical (unpaired) electrons. The average molecular weight is 393 g/mol. The molecule has 1 aliphatic rings. The number of hydrogen-bond acceptors (Lipinski definition) is 4. The van der Waals surface area contributed by atoms with Gasteiger partial charge in [-0.25, -0.2) is 9.37 Å². The van der Waals surface area contributed by atoms with Gasteiger partial charge in [0, 0.05) is 29.7 Å². The van der Waals surface area contributed by atoms with Gasteiger partial charge >= 0.3 is 0 Å². The van der Waals surface area contributed by atoms with Crippen LogP contribution < -0.4 is 10.2 Å². The molecule has 4 rings (SSSR count). The van der Waals surface area contributed by atoms with Gasteiger partial charge in [0.2, 0.25) is 0 Å². The van der Waals surface area contributed by atoms with Crippen molar-refractivity contribution in [2.75, 3.05) is 23.3 Å². The number of rotatable bonds is 5. The van der Waals surface area contributed by atoms with E-state index in [1.165, 1.54) is 17.8 Å². The van der Waals surface area contributed by atoms with E-state index in [1.54, 1.807) is 24.4 Å². The van der Waals surface area contributed by atoms with Crippen LogP contribution in [0, 0.1) is 5.82 Å². The third kappa shape index (κ3) is 4.17. The van der Waals surface area contributed by atoms with Crippen LogP contribution in [0.3, 0.4) is 0 Å². The minimum absolute atomic E-state index is 0.251. The first kappa shape index (κ1) is 18.5. The molecule has 0 unspecified atom stereocenters. The Hall–Kier alpha value is -2.86. The van der Waals surface area contributed by atoms with Crippen LogP contribution in [0.15, 0.2) is 76.8 Å². The number of nitrogens with zero attached hydrogens (tertiary/aromatic N) is 2. The summed E-state index contributed by atoms with van der Waals surface area (Å²) < 4.78 is 14.4. The van der Waals surface area contributed by atoms with Crippen molar-refractivity contribution in [3.8, 4) is 0 Å². The van der Waals surface area contributed by atoms with Crippen LogP contribution >= 0.6 is 11.8 Å². The van der Waals surface area contributed by atoms with Crippen LogP contribution in [0.2, 0.25) is 0 Å². The molecule has 0 saturated carbocycles. The summed E-state index contributed by atoms with van der Waals surface area (Å²) in [6.07, 6.45) is 3.91. The third-order valence-corrected chi connectivity index (χ3v) is 5.61. The fourth-order valence-electron chi connectivity index (χ4n) is 3.25. The summed E-state index contributed by atoms with van der Waals surface area (Å²) in [7, 11) is 0. The largest absolute Gasteiger partial charge is 0.370 e. The second-order valence-corrected chi connectivity index (χ2v) is 7.67. The average Bonchev–Trinajstić information content (AvgIpc) is 3.25. The number of halogens is 1. The molecule has 0 spiro atoms. The molecule has 28 heavy (non-hydrogen) atoms. The van der Waals surface area contributed by atoms with E-state index in [4.69, 9.17) is 0 Å². The molecule has 1 fully saturated rings. The van der Waals surface area contributed by atoms with Gasteiger partial charge in [-0.05, 0) is 61.4 Å². The van der Waals surface area contributed by atoms with Gasteiger partial charge in [-0.3, -0.25) is 4.79 Å². The first-order valence-corrected chi connectivity index (χ1v) is 10.1. The predicted octanol–water partition coefficient (Wildman–Crippen LogP) is 5.22. The van der Waals surface area contributed by atoms with Crippen LogP contribution in [0.5, 0.6) is 0 Å². The van der Waals surface area contributed by atoms with Gasteiger partial charge in [-0.2, -0.15) is 0 Å². The minimum atomic E-state index is -0.417. The van der Waals surface area contributed by atoms with E-state index in [9.17, 15) is 9.18 Å². The van der Waals surface area contributed by atoms with E-state index < -0.39 is 5.82 Å². The lowest BCUT2D eigenvalue weighted by Crippen LogP contribution is -2.22. The predicted molar refractivity (Wildman–Crippen MR) is 111 cm³/mol. The maximum Gasteiger partial charge on any atom is 0.255 e. The quantitative estimate of drug-likeness (QED) is 0.645. The maximum atomic E-state index is 14.4. The number of carbonyl (C=O) groups excluding carboxylic acids is 1. The van der Waals surface area contributed by atoms with Crippen LogP contribution in [-0.2, 0) is 0 Å². The van der Waals surface area contributed by atoms with Gasteiger partial charge < -0.3 is 10.2 Å². The maximum absolute atomic E-state index is 14.4. The molecule has 2 heterocycles. The van der Waals surface area contributed by atoms with Crippen LogP contribution in [-0.4, -0.2) is 24.0 Å². The highest BCUT2D eigenvalue weighted by molar-refractivity contribution is 7.99. The SMILES string of the molecule is O=C(Nc1c(F)cccc1N1CCCC1)c1ccc(Sc2ccccn2)cc1. The Labute approximate surface area is 167 Å². The molecular formula is C22H20FN3OS. The highest BCUT2D eigenvalue weighted by atomic mass is 32.2. The van der Waals surface area contributed by atoms with Crippen molar-refractivity contribution in [1.82, 2.24) is 4.98 Å². The summed E-state index contributed by atoms with van der Waals surface area (Å²) in [6.45, 7) is 1.76. The molecule has 1 N–H and O–H groups in total. The van der Waals surface area contributed by atoms with Gasteiger partial charge in [0.15, 0.2) is 0 Å². The Bertz CT molecular complexity index is 957. The van der Waals surface area contributed by atoms with Crippen LogP contribution in [0.4, 0.5) is 15.8 Å². The Morgan fingerprint density at radius 3 is 2.50 bits per heavy atom. The van der Waals surface area contributed by atoms with Crippen molar-refractivity contribution >= 4 is 29.0 Å². The van der Waals surface area contributed by atoms with Gasteiger partial charge in [0.25, 0.3) is 5.91 Å². The first-order chi connectivity index (χ1) is 13.7. The van der Waals surface area contributed by atoms with E-state index in [0.29, 0.717) is 5.56 Å².